The van der Waals surface area contributed by atoms with Crippen molar-refractivity contribution in [3.05, 3.63) is 28.2 Å². The fourth-order valence-corrected chi connectivity index (χ4v) is 3.31. The molecule has 0 aliphatic carbocycles. The summed E-state index contributed by atoms with van der Waals surface area (Å²) in [6, 6.07) is 6.09. The predicted octanol–water partition coefficient (Wildman–Crippen LogP) is 2.38. The van der Waals surface area contributed by atoms with Crippen LogP contribution in [0.3, 0.4) is 0 Å². The first-order chi connectivity index (χ1) is 8.83. The summed E-state index contributed by atoms with van der Waals surface area (Å²) in [5, 5.41) is 3.33. The zero-order chi connectivity index (χ0) is 12.4. The Morgan fingerprint density at radius 2 is 2.06 bits per heavy atom. The zero-order valence-corrected chi connectivity index (χ0v) is 12.2. The minimum Gasteiger partial charge on any atom is -0.338 e. The van der Waals surface area contributed by atoms with Gasteiger partial charge in [0.2, 0.25) is 5.95 Å². The van der Waals surface area contributed by atoms with Gasteiger partial charge < -0.3 is 10.2 Å². The normalized spacial score (nSPS) is 15.9. The lowest BCUT2D eigenvalue weighted by Crippen LogP contribution is -2.44. The number of rotatable bonds is 2. The number of nitrogens with zero attached hydrogens (tertiary/aromatic N) is 3. The Hall–Kier alpha value is -0.980. The summed E-state index contributed by atoms with van der Waals surface area (Å²) in [6.45, 7) is 3.94. The summed E-state index contributed by atoms with van der Waals surface area (Å²) in [5.41, 5.74) is 0.995. The average molecular weight is 325 g/mol. The molecular weight excluding hydrogens is 312 g/mol. The van der Waals surface area contributed by atoms with Crippen LogP contribution < -0.4 is 10.2 Å². The van der Waals surface area contributed by atoms with E-state index in [-0.39, 0.29) is 0 Å². The summed E-state index contributed by atoms with van der Waals surface area (Å²) in [6.07, 6.45) is 1.84. The average Bonchev–Trinajstić information content (AvgIpc) is 2.87. The molecule has 0 atom stereocenters. The summed E-state index contributed by atoms with van der Waals surface area (Å²) < 4.78 is 1.12. The van der Waals surface area contributed by atoms with Crippen molar-refractivity contribution in [2.24, 2.45) is 0 Å². The minimum absolute atomic E-state index is 0.832. The monoisotopic (exact) mass is 324 g/mol. The Morgan fingerprint density at radius 1 is 1.22 bits per heavy atom. The van der Waals surface area contributed by atoms with E-state index >= 15 is 0 Å². The Kier molecular flexibility index (Phi) is 3.58. The van der Waals surface area contributed by atoms with Crippen LogP contribution in [0, 0.1) is 0 Å². The fraction of sp³-hybridized carbons (Fsp3) is 0.333. The van der Waals surface area contributed by atoms with Gasteiger partial charge in [-0.2, -0.15) is 0 Å². The molecule has 1 aliphatic heterocycles. The molecule has 0 amide bonds. The van der Waals surface area contributed by atoms with Crippen LogP contribution in [0.15, 0.2) is 28.2 Å². The third-order valence-corrected chi connectivity index (χ3v) is 4.51. The zero-order valence-electron chi connectivity index (χ0n) is 9.77. The summed E-state index contributed by atoms with van der Waals surface area (Å²) in [5.74, 6) is 0.832. The molecule has 1 saturated heterocycles. The maximum Gasteiger partial charge on any atom is 0.225 e. The maximum absolute atomic E-state index is 4.66. The predicted molar refractivity (Wildman–Crippen MR) is 78.1 cm³/mol. The van der Waals surface area contributed by atoms with E-state index in [9.17, 15) is 0 Å². The molecule has 0 spiro atoms. The van der Waals surface area contributed by atoms with Gasteiger partial charge in [0.05, 0.1) is 14.4 Å². The second-order valence-electron chi connectivity index (χ2n) is 4.08. The molecule has 0 aromatic carbocycles. The fourth-order valence-electron chi connectivity index (χ4n) is 1.95. The third kappa shape index (κ3) is 2.55. The van der Waals surface area contributed by atoms with Crippen molar-refractivity contribution in [2.45, 2.75) is 0 Å². The Morgan fingerprint density at radius 3 is 2.78 bits per heavy atom. The van der Waals surface area contributed by atoms with E-state index in [1.807, 2.05) is 18.3 Å². The van der Waals surface area contributed by atoms with Gasteiger partial charge in [-0.15, -0.1) is 11.3 Å². The van der Waals surface area contributed by atoms with E-state index in [1.165, 1.54) is 4.88 Å². The summed E-state index contributed by atoms with van der Waals surface area (Å²) in [4.78, 5) is 12.4. The lowest BCUT2D eigenvalue weighted by Gasteiger charge is -2.27. The number of hydrogen-bond acceptors (Lipinski definition) is 5. The van der Waals surface area contributed by atoms with Crippen molar-refractivity contribution < 1.29 is 0 Å². The molecule has 3 rings (SSSR count). The summed E-state index contributed by atoms with van der Waals surface area (Å²) >= 11 is 5.17. The molecule has 94 valence electrons. The molecule has 3 heterocycles. The standard InChI is InChI=1S/C12H13BrN4S/c13-11-2-1-10(18-11)9-3-4-15-12(16-9)17-7-5-14-6-8-17/h1-4,14H,5-8H2. The Bertz CT molecular complexity index is 536. The second kappa shape index (κ2) is 5.34. The van der Waals surface area contributed by atoms with Crippen LogP contribution in [0.1, 0.15) is 0 Å². The van der Waals surface area contributed by atoms with Crippen LogP contribution in [-0.4, -0.2) is 36.1 Å². The van der Waals surface area contributed by atoms with Gasteiger partial charge >= 0.3 is 0 Å². The van der Waals surface area contributed by atoms with Crippen molar-refractivity contribution in [3.8, 4) is 10.6 Å². The number of anilines is 1. The molecule has 0 bridgehead atoms. The van der Waals surface area contributed by atoms with Crippen molar-refractivity contribution >= 4 is 33.2 Å². The van der Waals surface area contributed by atoms with Gasteiger partial charge in [-0.1, -0.05) is 0 Å². The van der Waals surface area contributed by atoms with Crippen LogP contribution in [0.4, 0.5) is 5.95 Å². The quantitative estimate of drug-likeness (QED) is 0.920. The largest absolute Gasteiger partial charge is 0.338 e. The molecule has 0 radical (unpaired) electrons. The van der Waals surface area contributed by atoms with Crippen LogP contribution in [0.25, 0.3) is 10.6 Å². The molecule has 1 N–H and O–H groups in total. The lowest BCUT2D eigenvalue weighted by atomic mass is 10.3. The number of aromatic nitrogens is 2. The van der Waals surface area contributed by atoms with Gasteiger partial charge in [-0.3, -0.25) is 0 Å². The second-order valence-corrected chi connectivity index (χ2v) is 6.55. The van der Waals surface area contributed by atoms with Crippen molar-refractivity contribution in [1.29, 1.82) is 0 Å². The van der Waals surface area contributed by atoms with E-state index in [0.717, 1.165) is 41.6 Å². The first-order valence-electron chi connectivity index (χ1n) is 5.87. The van der Waals surface area contributed by atoms with Crippen molar-refractivity contribution in [1.82, 2.24) is 15.3 Å². The number of piperazine rings is 1. The first-order valence-corrected chi connectivity index (χ1v) is 7.48. The van der Waals surface area contributed by atoms with E-state index < -0.39 is 0 Å². The minimum atomic E-state index is 0.832. The van der Waals surface area contributed by atoms with Crippen molar-refractivity contribution in [3.63, 3.8) is 0 Å². The Balaban J connectivity index is 1.88. The molecule has 4 nitrogen and oxygen atoms in total. The molecule has 2 aromatic heterocycles. The lowest BCUT2D eigenvalue weighted by molar-refractivity contribution is 0.580. The van der Waals surface area contributed by atoms with E-state index in [1.54, 1.807) is 11.3 Å². The molecule has 18 heavy (non-hydrogen) atoms. The number of thiophene rings is 1. The molecule has 6 heteroatoms. The van der Waals surface area contributed by atoms with Gasteiger partial charge in [0.1, 0.15) is 0 Å². The highest BCUT2D eigenvalue weighted by Gasteiger charge is 2.14. The van der Waals surface area contributed by atoms with Crippen LogP contribution >= 0.6 is 27.3 Å². The third-order valence-electron chi connectivity index (χ3n) is 2.87. The maximum atomic E-state index is 4.66. The van der Waals surface area contributed by atoms with Gasteiger partial charge in [0, 0.05) is 32.4 Å². The summed E-state index contributed by atoms with van der Waals surface area (Å²) in [7, 11) is 0. The molecule has 0 unspecified atom stereocenters. The topological polar surface area (TPSA) is 41.1 Å². The van der Waals surface area contributed by atoms with E-state index in [2.05, 4.69) is 42.2 Å². The SMILES string of the molecule is Brc1ccc(-c2ccnc(N3CCNCC3)n2)s1. The van der Waals surface area contributed by atoms with Gasteiger partial charge in [-0.05, 0) is 34.1 Å². The number of nitrogens with one attached hydrogen (secondary N) is 1. The van der Waals surface area contributed by atoms with Crippen LogP contribution in [0.2, 0.25) is 0 Å². The van der Waals surface area contributed by atoms with Gasteiger partial charge in [-0.25, -0.2) is 9.97 Å². The van der Waals surface area contributed by atoms with E-state index in [4.69, 9.17) is 0 Å². The Labute approximate surface area is 118 Å². The van der Waals surface area contributed by atoms with Gasteiger partial charge in [0.25, 0.3) is 0 Å². The number of halogens is 1. The van der Waals surface area contributed by atoms with E-state index in [0.29, 0.717) is 0 Å². The highest BCUT2D eigenvalue weighted by Crippen LogP contribution is 2.30. The highest BCUT2D eigenvalue weighted by molar-refractivity contribution is 9.11. The smallest absolute Gasteiger partial charge is 0.225 e. The number of hydrogen-bond donors (Lipinski definition) is 1. The van der Waals surface area contributed by atoms with Gasteiger partial charge in [0.15, 0.2) is 0 Å². The van der Waals surface area contributed by atoms with Crippen LogP contribution in [-0.2, 0) is 0 Å². The van der Waals surface area contributed by atoms with Crippen molar-refractivity contribution in [2.75, 3.05) is 31.1 Å². The van der Waals surface area contributed by atoms with Crippen LogP contribution in [0.5, 0.6) is 0 Å². The highest BCUT2D eigenvalue weighted by atomic mass is 79.9. The molecule has 1 fully saturated rings. The molecular formula is C12H13BrN4S. The first kappa shape index (κ1) is 12.1. The molecule has 0 saturated carbocycles. The molecule has 2 aromatic rings. The molecule has 1 aliphatic rings.